The van der Waals surface area contributed by atoms with E-state index in [0.29, 0.717) is 0 Å². The van der Waals surface area contributed by atoms with E-state index in [2.05, 4.69) is 25.7 Å². The Bertz CT molecular complexity index is 253. The smallest absolute Gasteiger partial charge is 0.216 e. The van der Waals surface area contributed by atoms with Gasteiger partial charge in [-0.05, 0) is 44.4 Å². The lowest BCUT2D eigenvalue weighted by atomic mass is 9.87. The van der Waals surface area contributed by atoms with Gasteiger partial charge < -0.3 is 9.84 Å². The molecule has 0 radical (unpaired) electrons. The van der Waals surface area contributed by atoms with Gasteiger partial charge in [0.05, 0.1) is 5.60 Å². The number of ether oxygens (including phenoxy) is 1. The van der Waals surface area contributed by atoms with Crippen molar-refractivity contribution in [1.82, 2.24) is 4.90 Å². The number of nitrogens with zero attached hydrogens (tertiary/aromatic N) is 1. The molecular weight excluding hydrogens is 226 g/mol. The van der Waals surface area contributed by atoms with Crippen molar-refractivity contribution < 1.29 is 9.84 Å². The molecule has 1 aliphatic carbocycles. The molecule has 0 aromatic carbocycles. The van der Waals surface area contributed by atoms with E-state index < -0.39 is 6.41 Å². The number of rotatable bonds is 4. The van der Waals surface area contributed by atoms with Crippen molar-refractivity contribution in [1.29, 1.82) is 0 Å². The first kappa shape index (κ1) is 14.3. The molecule has 1 atom stereocenters. The molecule has 1 unspecified atom stereocenters. The zero-order valence-corrected chi connectivity index (χ0v) is 12.2. The summed E-state index contributed by atoms with van der Waals surface area (Å²) in [5, 5.41) is 10.2. The van der Waals surface area contributed by atoms with Crippen molar-refractivity contribution >= 4 is 0 Å². The highest BCUT2D eigenvalue weighted by Gasteiger charge is 2.34. The molecule has 3 heteroatoms. The van der Waals surface area contributed by atoms with E-state index >= 15 is 0 Å². The molecule has 0 aromatic rings. The van der Waals surface area contributed by atoms with Crippen LogP contribution >= 0.6 is 0 Å². The number of piperidine rings is 1. The van der Waals surface area contributed by atoms with Gasteiger partial charge in [0.15, 0.2) is 0 Å². The highest BCUT2D eigenvalue weighted by molar-refractivity contribution is 4.82. The fourth-order valence-electron chi connectivity index (χ4n) is 3.38. The first-order valence-electron chi connectivity index (χ1n) is 7.60. The molecule has 0 amide bonds. The minimum atomic E-state index is -0.693. The van der Waals surface area contributed by atoms with Gasteiger partial charge in [0, 0.05) is 13.1 Å². The largest absolute Gasteiger partial charge is 0.356 e. The molecular formula is C15H29NO2. The molecule has 3 nitrogen and oxygen atoms in total. The highest BCUT2D eigenvalue weighted by Crippen LogP contribution is 2.34. The Labute approximate surface area is 112 Å². The van der Waals surface area contributed by atoms with Gasteiger partial charge >= 0.3 is 0 Å². The van der Waals surface area contributed by atoms with E-state index in [1.54, 1.807) is 0 Å². The maximum atomic E-state index is 10.2. The SMILES string of the molecule is CC(C)C1CCN(C(O)OC2(C)CCCC2)CC1. The number of aliphatic hydroxyl groups is 1. The minimum Gasteiger partial charge on any atom is -0.356 e. The van der Waals surface area contributed by atoms with Gasteiger partial charge in [-0.2, -0.15) is 0 Å². The highest BCUT2D eigenvalue weighted by atomic mass is 16.6. The van der Waals surface area contributed by atoms with Crippen LogP contribution in [-0.4, -0.2) is 35.1 Å². The third-order valence-electron chi connectivity index (χ3n) is 4.88. The molecule has 0 spiro atoms. The second-order valence-corrected chi connectivity index (χ2v) is 6.72. The molecule has 106 valence electrons. The molecule has 1 aliphatic heterocycles. The maximum absolute atomic E-state index is 10.2. The topological polar surface area (TPSA) is 32.7 Å². The van der Waals surface area contributed by atoms with Crippen LogP contribution in [0.5, 0.6) is 0 Å². The molecule has 2 fully saturated rings. The fraction of sp³-hybridized carbons (Fsp3) is 1.00. The van der Waals surface area contributed by atoms with Crippen molar-refractivity contribution in [2.45, 2.75) is 71.3 Å². The van der Waals surface area contributed by atoms with Crippen LogP contribution < -0.4 is 0 Å². The normalized spacial score (nSPS) is 27.8. The van der Waals surface area contributed by atoms with Crippen LogP contribution in [0, 0.1) is 11.8 Å². The van der Waals surface area contributed by atoms with E-state index in [4.69, 9.17) is 4.74 Å². The van der Waals surface area contributed by atoms with E-state index in [1.807, 2.05) is 0 Å². The molecule has 1 saturated carbocycles. The standard InChI is InChI=1S/C15H29NO2/c1-12(2)13-6-10-16(11-7-13)14(17)18-15(3)8-4-5-9-15/h12-14,17H,4-11H2,1-3H3. The van der Waals surface area contributed by atoms with Crippen molar-refractivity contribution in [2.24, 2.45) is 11.8 Å². The van der Waals surface area contributed by atoms with E-state index in [1.165, 1.54) is 25.7 Å². The second kappa shape index (κ2) is 5.89. The summed E-state index contributed by atoms with van der Waals surface area (Å²) in [6.45, 7) is 8.68. The quantitative estimate of drug-likeness (QED) is 0.784. The Morgan fingerprint density at radius 2 is 1.72 bits per heavy atom. The van der Waals surface area contributed by atoms with Gasteiger partial charge in [0.1, 0.15) is 0 Å². The molecule has 2 aliphatic rings. The summed E-state index contributed by atoms with van der Waals surface area (Å²) in [6.07, 6.45) is 6.33. The average Bonchev–Trinajstić information content (AvgIpc) is 2.76. The summed E-state index contributed by atoms with van der Waals surface area (Å²) in [7, 11) is 0. The summed E-state index contributed by atoms with van der Waals surface area (Å²) >= 11 is 0. The Hall–Kier alpha value is -0.120. The van der Waals surface area contributed by atoms with Gasteiger partial charge in [0.25, 0.3) is 0 Å². The molecule has 2 rings (SSSR count). The van der Waals surface area contributed by atoms with Gasteiger partial charge in [-0.15, -0.1) is 0 Å². The lowest BCUT2D eigenvalue weighted by Crippen LogP contribution is -2.47. The van der Waals surface area contributed by atoms with Crippen LogP contribution in [0.1, 0.15) is 59.3 Å². The lowest BCUT2D eigenvalue weighted by Gasteiger charge is -2.39. The zero-order chi connectivity index (χ0) is 13.2. The Morgan fingerprint density at radius 3 is 2.22 bits per heavy atom. The predicted octanol–water partition coefficient (Wildman–Crippen LogP) is 2.98. The molecule has 18 heavy (non-hydrogen) atoms. The molecule has 1 saturated heterocycles. The third-order valence-corrected chi connectivity index (χ3v) is 4.88. The first-order valence-corrected chi connectivity index (χ1v) is 7.60. The van der Waals surface area contributed by atoms with Gasteiger partial charge in [0.2, 0.25) is 6.41 Å². The predicted molar refractivity (Wildman–Crippen MR) is 73.1 cm³/mol. The van der Waals surface area contributed by atoms with E-state index in [9.17, 15) is 5.11 Å². The minimum absolute atomic E-state index is 0.0890. The number of likely N-dealkylation sites (tertiary alicyclic amines) is 1. The van der Waals surface area contributed by atoms with Crippen LogP contribution in [0.4, 0.5) is 0 Å². The Balaban J connectivity index is 1.78. The number of aliphatic hydroxyl groups excluding tert-OH is 1. The third kappa shape index (κ3) is 3.46. The maximum Gasteiger partial charge on any atom is 0.216 e. The summed E-state index contributed by atoms with van der Waals surface area (Å²) in [5.74, 6) is 1.58. The van der Waals surface area contributed by atoms with Crippen molar-refractivity contribution in [3.05, 3.63) is 0 Å². The van der Waals surface area contributed by atoms with Crippen LogP contribution in [-0.2, 0) is 4.74 Å². The van der Waals surface area contributed by atoms with Gasteiger partial charge in [-0.25, -0.2) is 0 Å². The molecule has 1 N–H and O–H groups in total. The lowest BCUT2D eigenvalue weighted by molar-refractivity contribution is -0.251. The van der Waals surface area contributed by atoms with Crippen molar-refractivity contribution in [3.63, 3.8) is 0 Å². The molecule has 1 heterocycles. The van der Waals surface area contributed by atoms with E-state index in [-0.39, 0.29) is 5.60 Å². The first-order chi connectivity index (χ1) is 8.50. The number of hydrogen-bond acceptors (Lipinski definition) is 3. The van der Waals surface area contributed by atoms with Crippen LogP contribution in [0.2, 0.25) is 0 Å². The van der Waals surface area contributed by atoms with Gasteiger partial charge in [-0.1, -0.05) is 26.7 Å². The van der Waals surface area contributed by atoms with Crippen LogP contribution in [0.15, 0.2) is 0 Å². The Kier molecular flexibility index (Phi) is 4.68. The van der Waals surface area contributed by atoms with Gasteiger partial charge in [-0.3, -0.25) is 4.90 Å². The van der Waals surface area contributed by atoms with E-state index in [0.717, 1.165) is 37.8 Å². The Morgan fingerprint density at radius 1 is 1.17 bits per heavy atom. The van der Waals surface area contributed by atoms with Crippen molar-refractivity contribution in [2.75, 3.05) is 13.1 Å². The monoisotopic (exact) mass is 255 g/mol. The molecule has 0 aromatic heterocycles. The average molecular weight is 255 g/mol. The van der Waals surface area contributed by atoms with Crippen LogP contribution in [0.3, 0.4) is 0 Å². The summed E-state index contributed by atoms with van der Waals surface area (Å²) < 4.78 is 5.92. The number of hydrogen-bond donors (Lipinski definition) is 1. The van der Waals surface area contributed by atoms with Crippen LogP contribution in [0.25, 0.3) is 0 Å². The van der Waals surface area contributed by atoms with Crippen molar-refractivity contribution in [3.8, 4) is 0 Å². The summed E-state index contributed by atoms with van der Waals surface area (Å²) in [6, 6.07) is 0. The second-order valence-electron chi connectivity index (χ2n) is 6.72. The zero-order valence-electron chi connectivity index (χ0n) is 12.2. The summed E-state index contributed by atoms with van der Waals surface area (Å²) in [5.41, 5.74) is -0.0890. The molecule has 0 bridgehead atoms. The fourth-order valence-corrected chi connectivity index (χ4v) is 3.38. The summed E-state index contributed by atoms with van der Waals surface area (Å²) in [4.78, 5) is 2.10.